The number of hydrogen-bond donors (Lipinski definition) is 2. The highest BCUT2D eigenvalue weighted by atomic mass is 35.5. The molecule has 0 heterocycles. The Hall–Kier alpha value is -2.62. The van der Waals surface area contributed by atoms with E-state index in [1.165, 1.54) is 6.07 Å². The Morgan fingerprint density at radius 2 is 1.38 bits per heavy atom. The van der Waals surface area contributed by atoms with Crippen molar-refractivity contribution in [3.8, 4) is 22.3 Å². The van der Waals surface area contributed by atoms with Crippen molar-refractivity contribution in [3.63, 3.8) is 0 Å². The lowest BCUT2D eigenvalue weighted by molar-refractivity contribution is 0.0697. The zero-order chi connectivity index (χ0) is 17.1. The molecule has 0 saturated carbocycles. The van der Waals surface area contributed by atoms with Crippen LogP contribution in [0.4, 0.5) is 0 Å². The second-order valence-electron chi connectivity index (χ2n) is 5.43. The summed E-state index contributed by atoms with van der Waals surface area (Å²) in [7, 11) is 0. The van der Waals surface area contributed by atoms with Crippen molar-refractivity contribution in [1.29, 1.82) is 0 Å². The largest absolute Gasteiger partial charge is 0.478 e. The minimum absolute atomic E-state index is 0.0254. The van der Waals surface area contributed by atoms with E-state index in [1.54, 1.807) is 12.1 Å². The van der Waals surface area contributed by atoms with E-state index in [4.69, 9.17) is 21.8 Å². The molecule has 3 nitrogen and oxygen atoms in total. The van der Waals surface area contributed by atoms with Gasteiger partial charge in [-0.2, -0.15) is 0 Å². The first-order valence-electron chi connectivity index (χ1n) is 7.42. The third-order valence-corrected chi connectivity index (χ3v) is 4.21. The monoisotopic (exact) mass is 338 g/mol. The van der Waals surface area contributed by atoms with Gasteiger partial charge >= 0.3 is 5.97 Å². The summed E-state index contributed by atoms with van der Waals surface area (Å²) in [5, 5.41) is 18.7. The van der Waals surface area contributed by atoms with Gasteiger partial charge in [0.2, 0.25) is 0 Å². The molecule has 4 heteroatoms. The Balaban J connectivity index is 1.94. The van der Waals surface area contributed by atoms with Crippen LogP contribution in [-0.2, 0) is 6.61 Å². The minimum Gasteiger partial charge on any atom is -0.478 e. The summed E-state index contributed by atoms with van der Waals surface area (Å²) in [6.45, 7) is 0.0254. The van der Waals surface area contributed by atoms with Crippen molar-refractivity contribution in [2.24, 2.45) is 0 Å². The normalized spacial score (nSPS) is 10.6. The lowest BCUT2D eigenvalue weighted by Gasteiger charge is -2.08. The van der Waals surface area contributed by atoms with Gasteiger partial charge in [0, 0.05) is 10.6 Å². The molecule has 24 heavy (non-hydrogen) atoms. The lowest BCUT2D eigenvalue weighted by atomic mass is 9.98. The van der Waals surface area contributed by atoms with Gasteiger partial charge in [-0.15, -0.1) is 0 Å². The van der Waals surface area contributed by atoms with Gasteiger partial charge in [0.1, 0.15) is 0 Å². The number of rotatable bonds is 4. The predicted molar refractivity (Wildman–Crippen MR) is 95.2 cm³/mol. The maximum Gasteiger partial charge on any atom is 0.335 e. The predicted octanol–water partition coefficient (Wildman–Crippen LogP) is 4.86. The van der Waals surface area contributed by atoms with Gasteiger partial charge in [-0.05, 0) is 40.5 Å². The van der Waals surface area contributed by atoms with Crippen molar-refractivity contribution in [3.05, 3.63) is 82.9 Å². The first-order valence-corrected chi connectivity index (χ1v) is 7.80. The molecule has 120 valence electrons. The van der Waals surface area contributed by atoms with Crippen LogP contribution in [0.25, 0.3) is 22.3 Å². The first kappa shape index (κ1) is 16.2. The molecule has 0 aliphatic carbocycles. The summed E-state index contributed by atoms with van der Waals surface area (Å²) in [6, 6.07) is 20.1. The van der Waals surface area contributed by atoms with E-state index in [0.29, 0.717) is 10.6 Å². The van der Waals surface area contributed by atoms with Crippen molar-refractivity contribution in [1.82, 2.24) is 0 Å². The fourth-order valence-corrected chi connectivity index (χ4v) is 2.75. The SMILES string of the molecule is O=C(O)c1ccc(Cl)c(-c2ccc(-c3ccc(CO)cc3)cc2)c1. The van der Waals surface area contributed by atoms with Crippen LogP contribution in [0.15, 0.2) is 66.7 Å². The van der Waals surface area contributed by atoms with Crippen molar-refractivity contribution >= 4 is 17.6 Å². The molecule has 0 aliphatic heterocycles. The molecule has 0 saturated heterocycles. The van der Waals surface area contributed by atoms with Crippen LogP contribution in [0, 0.1) is 0 Å². The standard InChI is InChI=1S/C20H15ClO3/c21-19-10-9-17(20(23)24)11-18(19)16-7-5-15(6-8-16)14-3-1-13(12-22)2-4-14/h1-11,22H,12H2,(H,23,24). The zero-order valence-electron chi connectivity index (χ0n) is 12.7. The number of aliphatic hydroxyl groups excluding tert-OH is 1. The highest BCUT2D eigenvalue weighted by Gasteiger charge is 2.09. The molecular formula is C20H15ClO3. The number of aliphatic hydroxyl groups is 1. The van der Waals surface area contributed by atoms with Crippen LogP contribution in [0.3, 0.4) is 0 Å². The molecule has 0 radical (unpaired) electrons. The fourth-order valence-electron chi connectivity index (χ4n) is 2.52. The van der Waals surface area contributed by atoms with E-state index < -0.39 is 5.97 Å². The van der Waals surface area contributed by atoms with Gasteiger partial charge in [-0.25, -0.2) is 4.79 Å². The zero-order valence-corrected chi connectivity index (χ0v) is 13.5. The van der Waals surface area contributed by atoms with Gasteiger partial charge in [0.25, 0.3) is 0 Å². The Kier molecular flexibility index (Phi) is 4.65. The fraction of sp³-hybridized carbons (Fsp3) is 0.0500. The smallest absolute Gasteiger partial charge is 0.335 e. The molecule has 0 fully saturated rings. The molecule has 0 aliphatic rings. The number of hydrogen-bond acceptors (Lipinski definition) is 2. The van der Waals surface area contributed by atoms with Crippen molar-refractivity contribution in [2.75, 3.05) is 0 Å². The van der Waals surface area contributed by atoms with Crippen LogP contribution >= 0.6 is 11.6 Å². The highest BCUT2D eigenvalue weighted by molar-refractivity contribution is 6.33. The molecule has 0 aromatic heterocycles. The highest BCUT2D eigenvalue weighted by Crippen LogP contribution is 2.31. The number of benzene rings is 3. The second kappa shape index (κ2) is 6.87. The van der Waals surface area contributed by atoms with E-state index >= 15 is 0 Å². The number of carboxylic acids is 1. The molecule has 3 aromatic carbocycles. The summed E-state index contributed by atoms with van der Waals surface area (Å²) in [6.07, 6.45) is 0. The first-order chi connectivity index (χ1) is 11.6. The topological polar surface area (TPSA) is 57.5 Å². The number of aromatic carboxylic acids is 1. The molecule has 0 atom stereocenters. The van der Waals surface area contributed by atoms with E-state index in [0.717, 1.165) is 22.3 Å². The summed E-state index contributed by atoms with van der Waals surface area (Å²) in [5.74, 6) is -0.978. The minimum atomic E-state index is -0.978. The van der Waals surface area contributed by atoms with E-state index in [9.17, 15) is 4.79 Å². The molecular weight excluding hydrogens is 324 g/mol. The summed E-state index contributed by atoms with van der Waals surface area (Å²) in [4.78, 5) is 11.1. The lowest BCUT2D eigenvalue weighted by Crippen LogP contribution is -1.96. The van der Waals surface area contributed by atoms with Crippen LogP contribution < -0.4 is 0 Å². The number of carboxylic acid groups (broad SMARTS) is 1. The second-order valence-corrected chi connectivity index (χ2v) is 5.84. The summed E-state index contributed by atoms with van der Waals surface area (Å²) >= 11 is 6.21. The van der Waals surface area contributed by atoms with Crippen molar-refractivity contribution in [2.45, 2.75) is 6.61 Å². The Morgan fingerprint density at radius 3 is 1.92 bits per heavy atom. The average Bonchev–Trinajstić information content (AvgIpc) is 2.62. The quantitative estimate of drug-likeness (QED) is 0.714. The molecule has 0 unspecified atom stereocenters. The van der Waals surface area contributed by atoms with Crippen LogP contribution in [0.2, 0.25) is 5.02 Å². The van der Waals surface area contributed by atoms with Gasteiger partial charge in [-0.3, -0.25) is 0 Å². The molecule has 0 bridgehead atoms. The molecule has 0 spiro atoms. The third-order valence-electron chi connectivity index (χ3n) is 3.88. The van der Waals surface area contributed by atoms with E-state index in [2.05, 4.69) is 0 Å². The maximum absolute atomic E-state index is 11.1. The number of carbonyl (C=O) groups is 1. The van der Waals surface area contributed by atoms with Crippen LogP contribution in [-0.4, -0.2) is 16.2 Å². The summed E-state index contributed by atoms with van der Waals surface area (Å²) < 4.78 is 0. The van der Waals surface area contributed by atoms with E-state index in [1.807, 2.05) is 48.5 Å². The molecule has 3 aromatic rings. The van der Waals surface area contributed by atoms with Crippen LogP contribution in [0.5, 0.6) is 0 Å². The third kappa shape index (κ3) is 3.32. The molecule has 3 rings (SSSR count). The van der Waals surface area contributed by atoms with Gasteiger partial charge in [0.05, 0.1) is 12.2 Å². The molecule has 0 amide bonds. The van der Waals surface area contributed by atoms with Gasteiger partial charge in [-0.1, -0.05) is 60.1 Å². The Labute approximate surface area is 144 Å². The van der Waals surface area contributed by atoms with Gasteiger partial charge < -0.3 is 10.2 Å². The summed E-state index contributed by atoms with van der Waals surface area (Å²) in [5.41, 5.74) is 4.71. The van der Waals surface area contributed by atoms with E-state index in [-0.39, 0.29) is 12.2 Å². The Bertz CT molecular complexity index is 868. The average molecular weight is 339 g/mol. The van der Waals surface area contributed by atoms with Crippen LogP contribution in [0.1, 0.15) is 15.9 Å². The maximum atomic E-state index is 11.1. The van der Waals surface area contributed by atoms with Crippen molar-refractivity contribution < 1.29 is 15.0 Å². The van der Waals surface area contributed by atoms with Gasteiger partial charge in [0.15, 0.2) is 0 Å². The molecule has 2 N–H and O–H groups in total. The Morgan fingerprint density at radius 1 is 0.833 bits per heavy atom. The number of halogens is 1.